The van der Waals surface area contributed by atoms with Crippen molar-refractivity contribution in [1.82, 2.24) is 5.32 Å². The molecule has 0 heterocycles. The number of amides is 1. The fourth-order valence-corrected chi connectivity index (χ4v) is 2.25. The lowest BCUT2D eigenvalue weighted by molar-refractivity contribution is 0.0977. The minimum atomic E-state index is -0.281. The molecule has 0 spiro atoms. The Morgan fingerprint density at radius 3 is 2.33 bits per heavy atom. The first kappa shape index (κ1) is 17.7. The largest absolute Gasteiger partial charge is 0.494 e. The molecular weight excluding hydrogens is 324 g/mol. The van der Waals surface area contributed by atoms with E-state index in [1.165, 1.54) is 0 Å². The lowest BCUT2D eigenvalue weighted by Crippen LogP contribution is -2.34. The highest BCUT2D eigenvalue weighted by molar-refractivity contribution is 7.80. The van der Waals surface area contributed by atoms with Crippen LogP contribution in [0.15, 0.2) is 48.5 Å². The lowest BCUT2D eigenvalue weighted by atomic mass is 10.2. The maximum atomic E-state index is 12.2. The van der Waals surface area contributed by atoms with Crippen LogP contribution in [0.5, 0.6) is 11.5 Å². The first-order valence-electron chi connectivity index (χ1n) is 7.70. The summed E-state index contributed by atoms with van der Waals surface area (Å²) in [6.45, 7) is 5.00. The SMILES string of the molecule is CCOc1ccc(C(=O)NC(=S)Nc2cccc(OCC)c2)cc1. The number of hydrogen-bond donors (Lipinski definition) is 2. The Balaban J connectivity index is 1.93. The van der Waals surface area contributed by atoms with Crippen LogP contribution in [0.3, 0.4) is 0 Å². The number of thiocarbonyl (C=S) groups is 1. The molecule has 5 nitrogen and oxygen atoms in total. The number of carbonyl (C=O) groups is 1. The highest BCUT2D eigenvalue weighted by Gasteiger charge is 2.08. The molecule has 0 unspecified atom stereocenters. The van der Waals surface area contributed by atoms with E-state index in [-0.39, 0.29) is 11.0 Å². The van der Waals surface area contributed by atoms with Crippen molar-refractivity contribution < 1.29 is 14.3 Å². The predicted octanol–water partition coefficient (Wildman–Crippen LogP) is 3.61. The summed E-state index contributed by atoms with van der Waals surface area (Å²) in [4.78, 5) is 12.2. The van der Waals surface area contributed by atoms with Crippen LogP contribution < -0.4 is 20.1 Å². The smallest absolute Gasteiger partial charge is 0.257 e. The van der Waals surface area contributed by atoms with Gasteiger partial charge in [0.2, 0.25) is 0 Å². The molecule has 6 heteroatoms. The highest BCUT2D eigenvalue weighted by atomic mass is 32.1. The summed E-state index contributed by atoms with van der Waals surface area (Å²) in [5.41, 5.74) is 1.25. The van der Waals surface area contributed by atoms with E-state index >= 15 is 0 Å². The van der Waals surface area contributed by atoms with Gasteiger partial charge in [0.1, 0.15) is 11.5 Å². The van der Waals surface area contributed by atoms with E-state index in [1.807, 2.05) is 38.1 Å². The molecular formula is C18H20N2O3S. The third-order valence-corrected chi connectivity index (χ3v) is 3.26. The Bertz CT molecular complexity index is 702. The number of anilines is 1. The molecule has 24 heavy (non-hydrogen) atoms. The second-order valence-corrected chi connectivity index (χ2v) is 5.23. The van der Waals surface area contributed by atoms with E-state index in [1.54, 1.807) is 24.3 Å². The molecule has 1 amide bonds. The summed E-state index contributed by atoms with van der Waals surface area (Å²) in [7, 11) is 0. The van der Waals surface area contributed by atoms with Crippen LogP contribution in [0.2, 0.25) is 0 Å². The van der Waals surface area contributed by atoms with E-state index < -0.39 is 0 Å². The Hall–Kier alpha value is -2.60. The van der Waals surface area contributed by atoms with E-state index in [9.17, 15) is 4.79 Å². The third-order valence-electron chi connectivity index (χ3n) is 3.06. The summed E-state index contributed by atoms with van der Waals surface area (Å²) in [5, 5.41) is 5.84. The van der Waals surface area contributed by atoms with E-state index in [0.717, 1.165) is 17.2 Å². The molecule has 0 aliphatic carbocycles. The van der Waals surface area contributed by atoms with Gasteiger partial charge in [-0.25, -0.2) is 0 Å². The first-order valence-corrected chi connectivity index (χ1v) is 8.11. The normalized spacial score (nSPS) is 9.92. The first-order chi connectivity index (χ1) is 11.6. The van der Waals surface area contributed by atoms with Gasteiger partial charge < -0.3 is 14.8 Å². The summed E-state index contributed by atoms with van der Waals surface area (Å²) in [6.07, 6.45) is 0. The summed E-state index contributed by atoms with van der Waals surface area (Å²) >= 11 is 5.18. The zero-order valence-corrected chi connectivity index (χ0v) is 14.5. The van der Waals surface area contributed by atoms with Crippen LogP contribution in [0.4, 0.5) is 5.69 Å². The van der Waals surface area contributed by atoms with Crippen molar-refractivity contribution in [2.45, 2.75) is 13.8 Å². The number of nitrogens with one attached hydrogen (secondary N) is 2. The van der Waals surface area contributed by atoms with E-state index in [4.69, 9.17) is 21.7 Å². The van der Waals surface area contributed by atoms with Crippen molar-refractivity contribution >= 4 is 28.9 Å². The lowest BCUT2D eigenvalue weighted by Gasteiger charge is -2.11. The zero-order chi connectivity index (χ0) is 17.4. The van der Waals surface area contributed by atoms with E-state index in [0.29, 0.717) is 18.8 Å². The monoisotopic (exact) mass is 344 g/mol. The molecule has 0 saturated carbocycles. The van der Waals surface area contributed by atoms with Crippen LogP contribution in [-0.2, 0) is 0 Å². The number of benzene rings is 2. The molecule has 2 aromatic carbocycles. The molecule has 0 fully saturated rings. The molecule has 2 rings (SSSR count). The summed E-state index contributed by atoms with van der Waals surface area (Å²) < 4.78 is 10.8. The molecule has 0 saturated heterocycles. The Kier molecular flexibility index (Phi) is 6.57. The standard InChI is InChI=1S/C18H20N2O3S/c1-3-22-15-10-8-13(9-11-15)17(21)20-18(24)19-14-6-5-7-16(12-14)23-4-2/h5-12H,3-4H2,1-2H3,(H2,19,20,21,24). The number of hydrogen-bond acceptors (Lipinski definition) is 4. The molecule has 0 aliphatic heterocycles. The van der Waals surface area contributed by atoms with Crippen LogP contribution >= 0.6 is 12.2 Å². The minimum absolute atomic E-state index is 0.225. The van der Waals surface area contributed by atoms with Gasteiger partial charge in [-0.3, -0.25) is 10.1 Å². The molecule has 0 aromatic heterocycles. The van der Waals surface area contributed by atoms with Crippen molar-refractivity contribution in [3.8, 4) is 11.5 Å². The maximum Gasteiger partial charge on any atom is 0.257 e. The van der Waals surface area contributed by atoms with Crippen LogP contribution in [0.25, 0.3) is 0 Å². The van der Waals surface area contributed by atoms with Crippen molar-refractivity contribution in [2.75, 3.05) is 18.5 Å². The van der Waals surface area contributed by atoms with Gasteiger partial charge >= 0.3 is 0 Å². The number of rotatable bonds is 6. The fourth-order valence-electron chi connectivity index (χ4n) is 2.04. The van der Waals surface area contributed by atoms with Gasteiger partial charge in [0, 0.05) is 17.3 Å². The average molecular weight is 344 g/mol. The Morgan fingerprint density at radius 1 is 1.00 bits per heavy atom. The van der Waals surface area contributed by atoms with Crippen molar-refractivity contribution in [1.29, 1.82) is 0 Å². The number of ether oxygens (including phenoxy) is 2. The van der Waals surface area contributed by atoms with Gasteiger partial charge in [0.05, 0.1) is 13.2 Å². The van der Waals surface area contributed by atoms with E-state index in [2.05, 4.69) is 10.6 Å². The summed E-state index contributed by atoms with van der Waals surface area (Å²) in [6, 6.07) is 14.3. The highest BCUT2D eigenvalue weighted by Crippen LogP contribution is 2.17. The van der Waals surface area contributed by atoms with Gasteiger partial charge in [-0.1, -0.05) is 6.07 Å². The maximum absolute atomic E-state index is 12.2. The Morgan fingerprint density at radius 2 is 1.67 bits per heavy atom. The van der Waals surface area contributed by atoms with Crippen molar-refractivity contribution in [3.05, 3.63) is 54.1 Å². The Labute approximate surface area is 147 Å². The molecule has 0 atom stereocenters. The summed E-state index contributed by atoms with van der Waals surface area (Å²) in [5.74, 6) is 1.18. The average Bonchev–Trinajstić information content (AvgIpc) is 2.56. The fraction of sp³-hybridized carbons (Fsp3) is 0.222. The third kappa shape index (κ3) is 5.24. The molecule has 0 bridgehead atoms. The van der Waals surface area contributed by atoms with Gasteiger partial charge in [0.15, 0.2) is 5.11 Å². The van der Waals surface area contributed by atoms with Crippen LogP contribution in [0, 0.1) is 0 Å². The minimum Gasteiger partial charge on any atom is -0.494 e. The predicted molar refractivity (Wildman–Crippen MR) is 98.9 cm³/mol. The molecule has 2 aromatic rings. The zero-order valence-electron chi connectivity index (χ0n) is 13.7. The molecule has 0 aliphatic rings. The molecule has 126 valence electrons. The van der Waals surface area contributed by atoms with Crippen molar-refractivity contribution in [2.24, 2.45) is 0 Å². The quantitative estimate of drug-likeness (QED) is 0.784. The molecule has 0 radical (unpaired) electrons. The van der Waals surface area contributed by atoms with Crippen LogP contribution in [-0.4, -0.2) is 24.2 Å². The van der Waals surface area contributed by atoms with Gasteiger partial charge in [-0.2, -0.15) is 0 Å². The number of carbonyl (C=O) groups excluding carboxylic acids is 1. The topological polar surface area (TPSA) is 59.6 Å². The van der Waals surface area contributed by atoms with Gasteiger partial charge in [-0.05, 0) is 62.5 Å². The van der Waals surface area contributed by atoms with Gasteiger partial charge in [0.25, 0.3) is 5.91 Å². The van der Waals surface area contributed by atoms with Crippen LogP contribution in [0.1, 0.15) is 24.2 Å². The van der Waals surface area contributed by atoms with Crippen molar-refractivity contribution in [3.63, 3.8) is 0 Å². The second-order valence-electron chi connectivity index (χ2n) is 4.83. The van der Waals surface area contributed by atoms with Gasteiger partial charge in [-0.15, -0.1) is 0 Å². The molecule has 2 N–H and O–H groups in total. The second kappa shape index (κ2) is 8.88.